The Kier molecular flexibility index (Phi) is 6.67. The van der Waals surface area contributed by atoms with Crippen LogP contribution in [0, 0.1) is 0 Å². The summed E-state index contributed by atoms with van der Waals surface area (Å²) in [5.41, 5.74) is 6.44. The van der Waals surface area contributed by atoms with Gasteiger partial charge >= 0.3 is 0 Å². The van der Waals surface area contributed by atoms with Gasteiger partial charge in [-0.3, -0.25) is 0 Å². The molecule has 0 unspecified atom stereocenters. The molecule has 0 fully saturated rings. The molecule has 0 aromatic carbocycles. The summed E-state index contributed by atoms with van der Waals surface area (Å²) in [7, 11) is 0.589. The van der Waals surface area contributed by atoms with Gasteiger partial charge < -0.3 is 15.2 Å². The van der Waals surface area contributed by atoms with E-state index in [1.54, 1.807) is 12.3 Å². The summed E-state index contributed by atoms with van der Waals surface area (Å²) < 4.78 is 28.8. The molecule has 0 spiro atoms. The molecule has 0 aliphatic heterocycles. The number of aromatic nitrogens is 1. The van der Waals surface area contributed by atoms with Gasteiger partial charge in [0.05, 0.1) is 4.90 Å². The van der Waals surface area contributed by atoms with Crippen LogP contribution < -0.4 is 10.5 Å². The average molecular weight is 302 g/mol. The van der Waals surface area contributed by atoms with Crippen LogP contribution in [0.1, 0.15) is 25.5 Å². The maximum absolute atomic E-state index is 12.2. The Balaban J connectivity index is 2.58. The molecule has 20 heavy (non-hydrogen) atoms. The molecule has 7 heteroatoms. The zero-order chi connectivity index (χ0) is 15.2. The van der Waals surface area contributed by atoms with Crippen molar-refractivity contribution in [1.29, 1.82) is 0 Å². The van der Waals surface area contributed by atoms with Crippen LogP contribution >= 0.6 is 0 Å². The minimum absolute atomic E-state index is 0.299. The molecule has 116 valence electrons. The Morgan fingerprint density at radius 3 is 2.55 bits per heavy atom. The number of nitrogens with one attached hydrogen (secondary N) is 1. The highest BCUT2D eigenvalue weighted by Crippen LogP contribution is 2.14. The second kappa shape index (κ2) is 7.78. The lowest BCUT2D eigenvalue weighted by molar-refractivity contribution is 0.394. The molecule has 1 aromatic heterocycles. The van der Waals surface area contributed by atoms with E-state index in [0.29, 0.717) is 24.5 Å². The fourth-order valence-electron chi connectivity index (χ4n) is 1.98. The Hall–Kier alpha value is -0.890. The molecular weight excluding hydrogens is 276 g/mol. The van der Waals surface area contributed by atoms with Crippen LogP contribution in [0.3, 0.4) is 0 Å². The van der Waals surface area contributed by atoms with Gasteiger partial charge in [-0.1, -0.05) is 0 Å². The van der Waals surface area contributed by atoms with Crippen molar-refractivity contribution < 1.29 is 8.42 Å². The number of aryl methyl sites for hydroxylation is 1. The van der Waals surface area contributed by atoms with Crippen LogP contribution in [0.5, 0.6) is 0 Å². The van der Waals surface area contributed by atoms with Gasteiger partial charge in [0.2, 0.25) is 10.0 Å². The van der Waals surface area contributed by atoms with Gasteiger partial charge in [-0.05, 0) is 46.5 Å². The first kappa shape index (κ1) is 17.2. The van der Waals surface area contributed by atoms with Gasteiger partial charge in [-0.2, -0.15) is 0 Å². The third-order valence-electron chi connectivity index (χ3n) is 3.15. The zero-order valence-corrected chi connectivity index (χ0v) is 13.4. The predicted molar refractivity (Wildman–Crippen MR) is 81.0 cm³/mol. The van der Waals surface area contributed by atoms with Crippen molar-refractivity contribution in [2.75, 3.05) is 27.2 Å². The van der Waals surface area contributed by atoms with Gasteiger partial charge in [0.1, 0.15) is 0 Å². The Bertz CT molecular complexity index is 487. The summed E-state index contributed by atoms with van der Waals surface area (Å²) >= 11 is 0. The number of nitrogens with two attached hydrogens (primary N) is 1. The zero-order valence-electron chi connectivity index (χ0n) is 12.6. The molecule has 1 aromatic rings. The minimum Gasteiger partial charge on any atom is -0.349 e. The molecule has 0 aliphatic rings. The normalized spacial score (nSPS) is 12.2. The van der Waals surface area contributed by atoms with Gasteiger partial charge in [0.15, 0.2) is 0 Å². The lowest BCUT2D eigenvalue weighted by atomic mass is 10.3. The first-order valence-corrected chi connectivity index (χ1v) is 8.42. The number of nitrogens with zero attached hydrogens (tertiary/aromatic N) is 2. The van der Waals surface area contributed by atoms with Gasteiger partial charge in [-0.15, -0.1) is 0 Å². The van der Waals surface area contributed by atoms with Crippen molar-refractivity contribution in [3.8, 4) is 0 Å². The van der Waals surface area contributed by atoms with Crippen LogP contribution in [0.2, 0.25) is 0 Å². The van der Waals surface area contributed by atoms with Crippen molar-refractivity contribution >= 4 is 10.0 Å². The summed E-state index contributed by atoms with van der Waals surface area (Å²) in [5.74, 6) is 0. The molecule has 0 saturated heterocycles. The second-order valence-corrected chi connectivity index (χ2v) is 6.83. The van der Waals surface area contributed by atoms with Gasteiger partial charge in [0, 0.05) is 31.5 Å². The smallest absolute Gasteiger partial charge is 0.242 e. The van der Waals surface area contributed by atoms with E-state index >= 15 is 0 Å². The number of sulfonamides is 1. The van der Waals surface area contributed by atoms with Crippen LogP contribution in [0.4, 0.5) is 0 Å². The Morgan fingerprint density at radius 1 is 1.35 bits per heavy atom. The molecule has 0 aliphatic carbocycles. The molecule has 1 rings (SSSR count). The number of hydrogen-bond donors (Lipinski definition) is 2. The molecule has 0 atom stereocenters. The predicted octanol–water partition coefficient (Wildman–Crippen LogP) is 0.587. The highest BCUT2D eigenvalue weighted by Gasteiger charge is 2.17. The summed E-state index contributed by atoms with van der Waals surface area (Å²) in [6.45, 7) is 4.44. The molecule has 0 bridgehead atoms. The van der Waals surface area contributed by atoms with E-state index in [0.717, 1.165) is 25.1 Å². The summed E-state index contributed by atoms with van der Waals surface area (Å²) in [4.78, 5) is 2.39. The van der Waals surface area contributed by atoms with Crippen LogP contribution in [0.25, 0.3) is 0 Å². The molecule has 0 radical (unpaired) electrons. The van der Waals surface area contributed by atoms with Crippen molar-refractivity contribution in [2.24, 2.45) is 5.73 Å². The van der Waals surface area contributed by atoms with E-state index in [1.807, 2.05) is 25.6 Å². The van der Waals surface area contributed by atoms with E-state index in [2.05, 4.69) is 9.62 Å². The third-order valence-corrected chi connectivity index (χ3v) is 4.57. The molecular formula is C13H26N4O2S. The van der Waals surface area contributed by atoms with Crippen molar-refractivity contribution in [1.82, 2.24) is 14.2 Å². The maximum Gasteiger partial charge on any atom is 0.242 e. The minimum atomic E-state index is -3.42. The standard InChI is InChI=1S/C13H26N4O2S/c1-4-17-11-13(9-12(17)10-14)20(18,19)15-7-5-6-8-16(2)3/h9,11,15H,4-8,10,14H2,1-3H3. The molecule has 0 saturated carbocycles. The lowest BCUT2D eigenvalue weighted by Crippen LogP contribution is -2.25. The van der Waals surface area contributed by atoms with Gasteiger partial charge in [0.25, 0.3) is 0 Å². The first-order valence-electron chi connectivity index (χ1n) is 6.94. The van der Waals surface area contributed by atoms with Crippen molar-refractivity contribution in [3.63, 3.8) is 0 Å². The summed E-state index contributed by atoms with van der Waals surface area (Å²) in [5, 5.41) is 0. The maximum atomic E-state index is 12.2. The average Bonchev–Trinajstić information content (AvgIpc) is 2.81. The van der Waals surface area contributed by atoms with E-state index in [9.17, 15) is 8.42 Å². The topological polar surface area (TPSA) is 80.4 Å². The van der Waals surface area contributed by atoms with E-state index < -0.39 is 10.0 Å². The first-order chi connectivity index (χ1) is 9.40. The second-order valence-electron chi connectivity index (χ2n) is 5.07. The van der Waals surface area contributed by atoms with Gasteiger partial charge in [-0.25, -0.2) is 13.1 Å². The van der Waals surface area contributed by atoms with E-state index in [1.165, 1.54) is 0 Å². The summed E-state index contributed by atoms with van der Waals surface area (Å²) in [6, 6.07) is 1.64. The Labute approximate surface area is 122 Å². The fourth-order valence-corrected chi connectivity index (χ4v) is 3.12. The molecule has 6 nitrogen and oxygen atoms in total. The molecule has 0 amide bonds. The Morgan fingerprint density at radius 2 is 2.05 bits per heavy atom. The highest BCUT2D eigenvalue weighted by atomic mass is 32.2. The highest BCUT2D eigenvalue weighted by molar-refractivity contribution is 7.89. The molecule has 1 heterocycles. The van der Waals surface area contributed by atoms with E-state index in [4.69, 9.17) is 5.73 Å². The SMILES string of the molecule is CCn1cc(S(=O)(=O)NCCCCN(C)C)cc1CN. The van der Waals surface area contributed by atoms with Crippen LogP contribution in [0.15, 0.2) is 17.2 Å². The van der Waals surface area contributed by atoms with Crippen LogP contribution in [-0.2, 0) is 23.1 Å². The summed E-state index contributed by atoms with van der Waals surface area (Å²) in [6.07, 6.45) is 3.44. The van der Waals surface area contributed by atoms with Crippen molar-refractivity contribution in [3.05, 3.63) is 18.0 Å². The quantitative estimate of drug-likeness (QED) is 0.654. The number of rotatable bonds is 9. The third kappa shape index (κ3) is 4.90. The monoisotopic (exact) mass is 302 g/mol. The fraction of sp³-hybridized carbons (Fsp3) is 0.692. The van der Waals surface area contributed by atoms with Crippen LogP contribution in [-0.4, -0.2) is 45.1 Å². The van der Waals surface area contributed by atoms with E-state index in [-0.39, 0.29) is 0 Å². The number of hydrogen-bond acceptors (Lipinski definition) is 4. The largest absolute Gasteiger partial charge is 0.349 e. The number of unbranched alkanes of at least 4 members (excludes halogenated alkanes) is 1. The van der Waals surface area contributed by atoms with Crippen molar-refractivity contribution in [2.45, 2.75) is 37.8 Å². The molecule has 3 N–H and O–H groups in total. The lowest BCUT2D eigenvalue weighted by Gasteiger charge is -2.09.